The first-order valence-corrected chi connectivity index (χ1v) is 12.0. The van der Waals surface area contributed by atoms with Gasteiger partial charge in [0.25, 0.3) is 0 Å². The van der Waals surface area contributed by atoms with E-state index >= 15 is 0 Å². The van der Waals surface area contributed by atoms with E-state index in [1.165, 1.54) is 5.56 Å². The minimum absolute atomic E-state index is 0.373. The molecule has 0 fully saturated rings. The van der Waals surface area contributed by atoms with Crippen LogP contribution in [0.5, 0.6) is 0 Å². The summed E-state index contributed by atoms with van der Waals surface area (Å²) in [5.41, 5.74) is 20.6. The van der Waals surface area contributed by atoms with Gasteiger partial charge in [-0.25, -0.2) is 4.79 Å². The van der Waals surface area contributed by atoms with E-state index in [9.17, 15) is 14.7 Å². The molecule has 0 atom stereocenters. The Balaban J connectivity index is 0.000000248. The minimum atomic E-state index is -0.876. The highest BCUT2D eigenvalue weighted by molar-refractivity contribution is 5.96. The number of benzene rings is 2. The van der Waals surface area contributed by atoms with Gasteiger partial charge in [0.1, 0.15) is 0 Å². The second-order valence-corrected chi connectivity index (χ2v) is 9.48. The largest absolute Gasteiger partial charge is 0.478 e. The maximum Gasteiger partial charge on any atom is 0.337 e. The van der Waals surface area contributed by atoms with Gasteiger partial charge in [0.05, 0.1) is 18.3 Å². The average molecular weight is 502 g/mol. The van der Waals surface area contributed by atoms with Crippen molar-refractivity contribution in [3.63, 3.8) is 0 Å². The third kappa shape index (κ3) is 6.27. The third-order valence-electron chi connectivity index (χ3n) is 6.66. The summed E-state index contributed by atoms with van der Waals surface area (Å²) in [5, 5.41) is 13.5. The van der Waals surface area contributed by atoms with Crippen molar-refractivity contribution in [1.29, 1.82) is 0 Å². The molecule has 8 heteroatoms. The molecule has 194 valence electrons. The molecule has 4 aromatic rings. The van der Waals surface area contributed by atoms with Crippen LogP contribution in [0.25, 0.3) is 0 Å². The Labute approximate surface area is 217 Å². The van der Waals surface area contributed by atoms with Crippen LogP contribution in [0.1, 0.15) is 65.5 Å². The molecular weight excluding hydrogens is 466 g/mol. The van der Waals surface area contributed by atoms with Gasteiger partial charge in [0.15, 0.2) is 0 Å². The molecule has 0 spiro atoms. The number of aryl methyl sites for hydroxylation is 3. The van der Waals surface area contributed by atoms with Crippen molar-refractivity contribution < 1.29 is 14.7 Å². The molecule has 37 heavy (non-hydrogen) atoms. The van der Waals surface area contributed by atoms with Gasteiger partial charge in [0.2, 0.25) is 5.91 Å². The predicted octanol–water partition coefficient (Wildman–Crippen LogP) is 4.70. The van der Waals surface area contributed by atoms with E-state index in [0.717, 1.165) is 45.7 Å². The van der Waals surface area contributed by atoms with E-state index in [-0.39, 0.29) is 0 Å². The van der Waals surface area contributed by atoms with E-state index < -0.39 is 11.9 Å². The number of aromatic carboxylic acids is 1. The maximum atomic E-state index is 11.2. The summed E-state index contributed by atoms with van der Waals surface area (Å²) in [4.78, 5) is 22.3. The molecular formula is C29H35N5O3. The van der Waals surface area contributed by atoms with E-state index in [1.54, 1.807) is 12.1 Å². The summed E-state index contributed by atoms with van der Waals surface area (Å²) in [6.45, 7) is 12.8. The molecule has 0 aliphatic carbocycles. The minimum Gasteiger partial charge on any atom is -0.478 e. The van der Waals surface area contributed by atoms with Gasteiger partial charge in [-0.05, 0) is 87.1 Å². The fourth-order valence-corrected chi connectivity index (χ4v) is 4.43. The molecule has 2 heterocycles. The monoisotopic (exact) mass is 501 g/mol. The lowest BCUT2D eigenvalue weighted by Crippen LogP contribution is -2.15. The highest BCUT2D eigenvalue weighted by atomic mass is 16.4. The summed E-state index contributed by atoms with van der Waals surface area (Å²) in [6, 6.07) is 11.9. The maximum absolute atomic E-state index is 11.2. The number of nitrogen functional groups attached to an aromatic ring is 1. The van der Waals surface area contributed by atoms with Gasteiger partial charge in [-0.3, -0.25) is 9.48 Å². The summed E-state index contributed by atoms with van der Waals surface area (Å²) >= 11 is 0. The molecule has 4 rings (SSSR count). The fourth-order valence-electron chi connectivity index (χ4n) is 4.43. The average Bonchev–Trinajstić information content (AvgIpc) is 3.36. The first kappa shape index (κ1) is 27.3. The van der Waals surface area contributed by atoms with Crippen molar-refractivity contribution in [2.75, 3.05) is 5.73 Å². The number of hydrogen-bond donors (Lipinski definition) is 3. The van der Waals surface area contributed by atoms with Gasteiger partial charge in [-0.15, -0.1) is 0 Å². The van der Waals surface area contributed by atoms with Gasteiger partial charge in [-0.1, -0.05) is 24.3 Å². The van der Waals surface area contributed by atoms with Crippen molar-refractivity contribution in [3.8, 4) is 0 Å². The Hall–Kier alpha value is -4.33. The van der Waals surface area contributed by atoms with Gasteiger partial charge >= 0.3 is 5.97 Å². The molecule has 2 aromatic carbocycles. The van der Waals surface area contributed by atoms with Crippen LogP contribution in [-0.4, -0.2) is 31.3 Å². The van der Waals surface area contributed by atoms with Gasteiger partial charge < -0.3 is 21.1 Å². The smallest absolute Gasteiger partial charge is 0.337 e. The first-order chi connectivity index (χ1) is 17.4. The number of aromatic nitrogens is 3. The first-order valence-electron chi connectivity index (χ1n) is 12.0. The molecule has 0 aliphatic heterocycles. The molecule has 2 aromatic heterocycles. The highest BCUT2D eigenvalue weighted by Gasteiger charge is 2.15. The topological polar surface area (TPSA) is 129 Å². The van der Waals surface area contributed by atoms with Crippen LogP contribution >= 0.6 is 0 Å². The number of carboxylic acids is 1. The molecule has 0 saturated carbocycles. The van der Waals surface area contributed by atoms with Gasteiger partial charge in [0, 0.05) is 35.4 Å². The molecule has 0 unspecified atom stereocenters. The van der Waals surface area contributed by atoms with Crippen molar-refractivity contribution in [2.45, 2.75) is 54.6 Å². The quantitative estimate of drug-likeness (QED) is 0.330. The third-order valence-corrected chi connectivity index (χ3v) is 6.66. The summed E-state index contributed by atoms with van der Waals surface area (Å²) < 4.78 is 3.96. The number of carbonyl (C=O) groups is 2. The number of carboxylic acid groups (broad SMARTS) is 1. The zero-order chi connectivity index (χ0) is 27.4. The van der Waals surface area contributed by atoms with Crippen LogP contribution in [0, 0.1) is 41.5 Å². The summed E-state index contributed by atoms with van der Waals surface area (Å²) in [6.07, 6.45) is 3.87. The van der Waals surface area contributed by atoms with Crippen molar-refractivity contribution in [2.24, 2.45) is 5.73 Å². The van der Waals surface area contributed by atoms with E-state index in [4.69, 9.17) is 11.5 Å². The Morgan fingerprint density at radius 1 is 0.919 bits per heavy atom. The molecule has 0 bridgehead atoms. The molecule has 0 aliphatic rings. The Morgan fingerprint density at radius 2 is 1.51 bits per heavy atom. The van der Waals surface area contributed by atoms with E-state index in [0.29, 0.717) is 23.4 Å². The zero-order valence-corrected chi connectivity index (χ0v) is 22.3. The Morgan fingerprint density at radius 3 is 2.00 bits per heavy atom. The van der Waals surface area contributed by atoms with Crippen LogP contribution in [-0.2, 0) is 13.1 Å². The predicted molar refractivity (Wildman–Crippen MR) is 146 cm³/mol. The molecule has 8 nitrogen and oxygen atoms in total. The number of amides is 1. The summed E-state index contributed by atoms with van der Waals surface area (Å²) in [7, 11) is 0. The number of primary amides is 1. The fraction of sp³-hybridized carbons (Fsp3) is 0.276. The van der Waals surface area contributed by atoms with E-state index in [2.05, 4.69) is 29.4 Å². The lowest BCUT2D eigenvalue weighted by molar-refractivity contribution is 0.0695. The Kier molecular flexibility index (Phi) is 8.22. The number of carbonyl (C=O) groups excluding carboxylic acids is 1. The van der Waals surface area contributed by atoms with Gasteiger partial charge in [-0.2, -0.15) is 5.10 Å². The van der Waals surface area contributed by atoms with Crippen LogP contribution in [0.3, 0.4) is 0 Å². The number of hydrogen-bond acceptors (Lipinski definition) is 4. The molecule has 0 radical (unpaired) electrons. The molecule has 5 N–H and O–H groups in total. The van der Waals surface area contributed by atoms with Crippen LogP contribution in [0.2, 0.25) is 0 Å². The van der Waals surface area contributed by atoms with E-state index in [1.807, 2.05) is 63.2 Å². The van der Waals surface area contributed by atoms with Crippen LogP contribution < -0.4 is 11.5 Å². The van der Waals surface area contributed by atoms with Crippen LogP contribution in [0.4, 0.5) is 5.69 Å². The molecule has 0 saturated heterocycles. The second-order valence-electron chi connectivity index (χ2n) is 9.48. The second kappa shape index (κ2) is 11.2. The van der Waals surface area contributed by atoms with Crippen molar-refractivity contribution in [3.05, 3.63) is 105 Å². The standard InChI is InChI=1S/C19H21N3O2.C10H14N2O/c1-13-9-20-21(10-13)11-16-4-6-17(7-5-16)12-22-14(2)8-18(15(22)3)19(23)24;1-5-4-8(11)6(2)7(3)9(5)10(12)13/h4-10H,11-12H2,1-3H3,(H,23,24);4H,11H2,1-3H3,(H2,12,13). The number of nitrogens with zero attached hydrogens (tertiary/aromatic N) is 3. The normalized spacial score (nSPS) is 10.6. The van der Waals surface area contributed by atoms with Crippen LogP contribution in [0.15, 0.2) is 48.8 Å². The summed E-state index contributed by atoms with van der Waals surface area (Å²) in [5.74, 6) is -1.27. The lowest BCUT2D eigenvalue weighted by atomic mass is 9.96. The van der Waals surface area contributed by atoms with Crippen molar-refractivity contribution >= 4 is 17.6 Å². The lowest BCUT2D eigenvalue weighted by Gasteiger charge is -2.11. The number of anilines is 1. The molecule has 1 amide bonds. The zero-order valence-electron chi connectivity index (χ0n) is 22.3. The van der Waals surface area contributed by atoms with Crippen molar-refractivity contribution in [1.82, 2.24) is 14.3 Å². The highest BCUT2D eigenvalue weighted by Crippen LogP contribution is 2.23. The number of rotatable bonds is 6. The Bertz CT molecular complexity index is 1450. The SMILES string of the molecule is Cc1cc(N)c(C)c(C)c1C(N)=O.Cc1cnn(Cc2ccc(Cn3c(C)cc(C(=O)O)c3C)cc2)c1. The number of nitrogens with two attached hydrogens (primary N) is 2.